The van der Waals surface area contributed by atoms with Crippen molar-refractivity contribution < 1.29 is 24.5 Å². The lowest BCUT2D eigenvalue weighted by Crippen LogP contribution is -2.46. The number of carbonyl (C=O) groups excluding carboxylic acids is 2. The molecule has 0 aromatic heterocycles. The molecule has 65 heavy (non-hydrogen) atoms. The van der Waals surface area contributed by atoms with Crippen LogP contribution in [0.4, 0.5) is 0 Å². The Morgan fingerprint density at radius 3 is 1.12 bits per heavy atom. The number of nitrogens with one attached hydrogen (secondary N) is 1. The summed E-state index contributed by atoms with van der Waals surface area (Å²) in [6.07, 6.45) is 61.4. The fourth-order valence-corrected chi connectivity index (χ4v) is 9.38. The van der Waals surface area contributed by atoms with Gasteiger partial charge in [0, 0.05) is 6.42 Å². The molecule has 0 spiro atoms. The lowest BCUT2D eigenvalue weighted by Gasteiger charge is -2.24. The van der Waals surface area contributed by atoms with Crippen LogP contribution < -0.4 is 5.32 Å². The molecule has 3 unspecified atom stereocenters. The van der Waals surface area contributed by atoms with Crippen molar-refractivity contribution in [1.82, 2.24) is 5.32 Å². The maximum atomic E-state index is 13.2. The zero-order chi connectivity index (χ0) is 47.4. The summed E-state index contributed by atoms with van der Waals surface area (Å²) >= 11 is 0. The van der Waals surface area contributed by atoms with Crippen molar-refractivity contribution in [2.24, 2.45) is 0 Å². The lowest BCUT2D eigenvalue weighted by molar-refractivity contribution is -0.151. The Hall–Kier alpha value is -1.40. The first-order valence-electron chi connectivity index (χ1n) is 29.4. The number of hydrogen-bond acceptors (Lipinski definition) is 5. The molecule has 386 valence electrons. The van der Waals surface area contributed by atoms with Gasteiger partial charge < -0.3 is 20.3 Å². The Balaban J connectivity index is 4.45. The van der Waals surface area contributed by atoms with Crippen LogP contribution >= 0.6 is 0 Å². The van der Waals surface area contributed by atoms with Gasteiger partial charge in [0.1, 0.15) is 6.10 Å². The van der Waals surface area contributed by atoms with E-state index in [1.165, 1.54) is 231 Å². The minimum atomic E-state index is -0.789. The van der Waals surface area contributed by atoms with Crippen LogP contribution in [0.5, 0.6) is 0 Å². The fraction of sp³-hybridized carbons (Fsp3) is 0.932. The summed E-state index contributed by atoms with van der Waals surface area (Å²) in [5.74, 6) is -0.480. The van der Waals surface area contributed by atoms with E-state index in [9.17, 15) is 19.8 Å². The molecule has 0 aromatic carbocycles. The van der Waals surface area contributed by atoms with Crippen LogP contribution in [0.3, 0.4) is 0 Å². The molecule has 0 aromatic rings. The van der Waals surface area contributed by atoms with Crippen molar-refractivity contribution in [3.8, 4) is 0 Å². The van der Waals surface area contributed by atoms with Crippen LogP contribution in [0.15, 0.2) is 12.2 Å². The van der Waals surface area contributed by atoms with E-state index in [0.29, 0.717) is 19.3 Å². The molecular weight excluding hydrogens is 803 g/mol. The number of allylic oxidation sites excluding steroid dienone is 2. The van der Waals surface area contributed by atoms with E-state index >= 15 is 0 Å². The lowest BCUT2D eigenvalue weighted by atomic mass is 10.0. The van der Waals surface area contributed by atoms with Gasteiger partial charge in [-0.1, -0.05) is 283 Å². The summed E-state index contributed by atoms with van der Waals surface area (Å²) in [5, 5.41) is 23.9. The summed E-state index contributed by atoms with van der Waals surface area (Å²) < 4.78 is 5.94. The van der Waals surface area contributed by atoms with Crippen LogP contribution in [0.25, 0.3) is 0 Å². The van der Waals surface area contributed by atoms with E-state index in [1.54, 1.807) is 0 Å². The molecule has 3 N–H and O–H groups in total. The number of aliphatic hydroxyl groups is 2. The number of aliphatic hydroxyl groups excluding tert-OH is 2. The first-order chi connectivity index (χ1) is 32.0. The van der Waals surface area contributed by atoms with Crippen LogP contribution in [-0.2, 0) is 14.3 Å². The molecule has 0 fully saturated rings. The molecule has 0 saturated carbocycles. The second-order valence-electron chi connectivity index (χ2n) is 20.4. The molecule has 0 bridgehead atoms. The number of ether oxygens (including phenoxy) is 1. The fourth-order valence-electron chi connectivity index (χ4n) is 9.38. The molecule has 0 heterocycles. The zero-order valence-corrected chi connectivity index (χ0v) is 44.2. The average molecular weight is 919 g/mol. The van der Waals surface area contributed by atoms with Gasteiger partial charge in [0.15, 0.2) is 0 Å². The predicted octanol–water partition coefficient (Wildman–Crippen LogP) is 18.1. The van der Waals surface area contributed by atoms with E-state index in [1.807, 2.05) is 0 Å². The number of carbonyl (C=O) groups is 2. The van der Waals surface area contributed by atoms with Crippen LogP contribution in [0.1, 0.15) is 329 Å². The molecule has 6 heteroatoms. The first kappa shape index (κ1) is 63.6. The molecular formula is C59H115NO5. The first-order valence-corrected chi connectivity index (χ1v) is 29.4. The Bertz CT molecular complexity index is 986. The van der Waals surface area contributed by atoms with E-state index in [2.05, 4.69) is 38.2 Å². The largest absolute Gasteiger partial charge is 0.462 e. The number of unbranched alkanes of at least 4 members (excludes halogenated alkanes) is 40. The molecule has 0 rings (SSSR count). The molecule has 0 aliphatic heterocycles. The molecule has 0 aliphatic carbocycles. The normalized spacial score (nSPS) is 13.1. The highest BCUT2D eigenvalue weighted by atomic mass is 16.5. The maximum Gasteiger partial charge on any atom is 0.306 e. The van der Waals surface area contributed by atoms with Crippen molar-refractivity contribution >= 4 is 11.9 Å². The van der Waals surface area contributed by atoms with Gasteiger partial charge in [-0.2, -0.15) is 0 Å². The maximum absolute atomic E-state index is 13.2. The smallest absolute Gasteiger partial charge is 0.306 e. The second kappa shape index (κ2) is 53.6. The topological polar surface area (TPSA) is 95.9 Å². The summed E-state index contributed by atoms with van der Waals surface area (Å²) in [7, 11) is 0. The van der Waals surface area contributed by atoms with Gasteiger partial charge in [0.25, 0.3) is 0 Å². The van der Waals surface area contributed by atoms with E-state index in [-0.39, 0.29) is 24.9 Å². The Morgan fingerprint density at radius 1 is 0.431 bits per heavy atom. The zero-order valence-electron chi connectivity index (χ0n) is 44.2. The number of amides is 1. The Labute approximate surface area is 406 Å². The highest BCUT2D eigenvalue weighted by molar-refractivity contribution is 5.77. The SMILES string of the molecule is CCCCCCCCC/C=C\CCCC(CC(=O)NC(CO)C(O)CCCCCCCCCCCCCCCCCC)OC(=O)CCCCCCCCCCCCCCCCCCCC. The minimum absolute atomic E-state index is 0.0644. The third-order valence-electron chi connectivity index (χ3n) is 13.8. The van der Waals surface area contributed by atoms with Gasteiger partial charge in [-0.25, -0.2) is 0 Å². The van der Waals surface area contributed by atoms with Gasteiger partial charge >= 0.3 is 5.97 Å². The monoisotopic (exact) mass is 918 g/mol. The average Bonchev–Trinajstić information content (AvgIpc) is 3.30. The van der Waals surface area contributed by atoms with Gasteiger partial charge in [-0.05, 0) is 44.9 Å². The second-order valence-corrected chi connectivity index (χ2v) is 20.4. The van der Waals surface area contributed by atoms with E-state index in [0.717, 1.165) is 51.4 Å². The molecule has 0 radical (unpaired) electrons. The third kappa shape index (κ3) is 48.9. The third-order valence-corrected chi connectivity index (χ3v) is 13.8. The molecule has 0 aliphatic rings. The molecule has 0 saturated heterocycles. The van der Waals surface area contributed by atoms with Crippen molar-refractivity contribution in [1.29, 1.82) is 0 Å². The van der Waals surface area contributed by atoms with Gasteiger partial charge in [0.05, 0.1) is 25.2 Å². The van der Waals surface area contributed by atoms with E-state index < -0.39 is 18.2 Å². The van der Waals surface area contributed by atoms with Crippen LogP contribution in [0.2, 0.25) is 0 Å². The number of esters is 1. The van der Waals surface area contributed by atoms with Crippen molar-refractivity contribution in [2.75, 3.05) is 6.61 Å². The summed E-state index contributed by atoms with van der Waals surface area (Å²) in [6.45, 7) is 6.52. The number of rotatable bonds is 54. The van der Waals surface area contributed by atoms with Gasteiger partial charge in [-0.15, -0.1) is 0 Å². The standard InChI is InChI=1S/C59H115NO5/c1-4-7-10-13-16-19-22-25-27-29-30-32-34-37-40-43-46-49-52-59(64)65-55(50-47-44-41-38-35-24-21-18-15-12-9-6-3)53-58(63)60-56(54-61)57(62)51-48-45-42-39-36-33-31-28-26-23-20-17-14-11-8-5-2/h38,41,55-57,61-62H,4-37,39-40,42-54H2,1-3H3,(H,60,63)/b41-38-. The number of hydrogen-bond donors (Lipinski definition) is 3. The molecule has 1 amide bonds. The summed E-state index contributed by atoms with van der Waals surface area (Å²) in [4.78, 5) is 26.2. The highest BCUT2D eigenvalue weighted by Crippen LogP contribution is 2.19. The molecule has 6 nitrogen and oxygen atoms in total. The van der Waals surface area contributed by atoms with E-state index in [4.69, 9.17) is 4.74 Å². The molecule has 3 atom stereocenters. The van der Waals surface area contributed by atoms with Crippen LogP contribution in [0, 0.1) is 0 Å². The van der Waals surface area contributed by atoms with Crippen molar-refractivity contribution in [3.05, 3.63) is 12.2 Å². The quantitative estimate of drug-likeness (QED) is 0.0321. The predicted molar refractivity (Wildman–Crippen MR) is 283 cm³/mol. The van der Waals surface area contributed by atoms with Crippen LogP contribution in [-0.4, -0.2) is 46.9 Å². The Kier molecular flexibility index (Phi) is 52.4. The van der Waals surface area contributed by atoms with Gasteiger partial charge in [-0.3, -0.25) is 9.59 Å². The Morgan fingerprint density at radius 2 is 0.754 bits per heavy atom. The van der Waals surface area contributed by atoms with Gasteiger partial charge in [0.2, 0.25) is 5.91 Å². The highest BCUT2D eigenvalue weighted by Gasteiger charge is 2.24. The summed E-state index contributed by atoms with van der Waals surface area (Å²) in [6, 6.07) is -0.704. The van der Waals surface area contributed by atoms with Crippen molar-refractivity contribution in [2.45, 2.75) is 347 Å². The summed E-state index contributed by atoms with van der Waals surface area (Å²) in [5.41, 5.74) is 0. The minimum Gasteiger partial charge on any atom is -0.462 e. The van der Waals surface area contributed by atoms with Crippen molar-refractivity contribution in [3.63, 3.8) is 0 Å².